The molecule has 0 aliphatic heterocycles. The molecule has 3 rings (SSSR count). The second-order valence-corrected chi connectivity index (χ2v) is 4.32. The van der Waals surface area contributed by atoms with Crippen molar-refractivity contribution in [1.29, 1.82) is 0 Å². The number of nitrogens with zero attached hydrogens (tertiary/aromatic N) is 1. The summed E-state index contributed by atoms with van der Waals surface area (Å²) in [5.41, 5.74) is 0.999. The molecule has 0 aliphatic carbocycles. The van der Waals surface area contributed by atoms with Crippen LogP contribution in [0.5, 0.6) is 0 Å². The fraction of sp³-hybridized carbons (Fsp3) is 0. The molecule has 3 heteroatoms. The van der Waals surface area contributed by atoms with E-state index in [1.54, 1.807) is 11.3 Å². The molecule has 0 bridgehead atoms. The summed E-state index contributed by atoms with van der Waals surface area (Å²) in [6.07, 6.45) is 1.81. The molecule has 0 saturated heterocycles. The Bertz CT molecular complexity index is 556. The average molecular weight is 402 g/mol. The molecule has 0 spiro atoms. The maximum Gasteiger partial charge on any atom is 0.0161 e. The molecule has 16 heavy (non-hydrogen) atoms. The Hall–Kier alpha value is -1.02. The molecule has 81 valence electrons. The Balaban J connectivity index is 0.000000963. The van der Waals surface area contributed by atoms with Crippen molar-refractivity contribution in [3.05, 3.63) is 54.7 Å². The monoisotopic (exact) mass is 403 g/mol. The topological polar surface area (TPSA) is 12.9 Å². The third kappa shape index (κ3) is 2.07. The van der Waals surface area contributed by atoms with Gasteiger partial charge in [0.15, 0.2) is 0 Å². The molecule has 1 radical (unpaired) electrons. The molecule has 2 aromatic heterocycles. The zero-order chi connectivity index (χ0) is 10.1. The van der Waals surface area contributed by atoms with E-state index in [0.29, 0.717) is 0 Å². The van der Waals surface area contributed by atoms with Crippen LogP contribution >= 0.6 is 11.3 Å². The fourth-order valence-corrected chi connectivity index (χ4v) is 2.51. The number of benzene rings is 1. The molecule has 0 amide bonds. The molecule has 0 saturated carbocycles. The zero-order valence-corrected chi connectivity index (χ0v) is 11.5. The minimum absolute atomic E-state index is 0. The normalized spacial score (nSPS) is 10.0. The third-order valence-electron chi connectivity index (χ3n) is 2.24. The van der Waals surface area contributed by atoms with E-state index in [1.807, 2.05) is 30.5 Å². The van der Waals surface area contributed by atoms with E-state index in [1.165, 1.54) is 10.1 Å². The number of pyridine rings is 1. The van der Waals surface area contributed by atoms with E-state index >= 15 is 0 Å². The van der Waals surface area contributed by atoms with Crippen LogP contribution in [-0.4, -0.2) is 4.98 Å². The molecular formula is C13H8IrNS-. The summed E-state index contributed by atoms with van der Waals surface area (Å²) in [6, 6.07) is 17.6. The second-order valence-electron chi connectivity index (χ2n) is 3.27. The van der Waals surface area contributed by atoms with Gasteiger partial charge in [0.05, 0.1) is 0 Å². The predicted octanol–water partition coefficient (Wildman–Crippen LogP) is 3.76. The van der Waals surface area contributed by atoms with Crippen molar-refractivity contribution in [2.45, 2.75) is 0 Å². The van der Waals surface area contributed by atoms with Gasteiger partial charge in [-0.1, -0.05) is 24.3 Å². The number of aromatic nitrogens is 1. The maximum absolute atomic E-state index is 4.32. The standard InChI is InChI=1S/C13H8NS.Ir/c1-2-7-12-10(5-1)9-13(15-12)11-6-3-4-8-14-11;/h1-8H;/q-1;. The van der Waals surface area contributed by atoms with Gasteiger partial charge in [-0.3, -0.25) is 0 Å². The molecule has 3 aromatic rings. The van der Waals surface area contributed by atoms with Gasteiger partial charge in [-0.2, -0.15) is 0 Å². The van der Waals surface area contributed by atoms with Gasteiger partial charge in [-0.25, -0.2) is 11.3 Å². The summed E-state index contributed by atoms with van der Waals surface area (Å²) in [5.74, 6) is 0. The second kappa shape index (κ2) is 4.87. The van der Waals surface area contributed by atoms with Crippen LogP contribution in [0.1, 0.15) is 0 Å². The first-order chi connectivity index (χ1) is 7.43. The third-order valence-corrected chi connectivity index (χ3v) is 3.34. The van der Waals surface area contributed by atoms with Gasteiger partial charge in [0.25, 0.3) is 0 Å². The van der Waals surface area contributed by atoms with Crippen LogP contribution in [-0.2, 0) is 20.1 Å². The molecule has 0 aliphatic rings. The molecule has 0 unspecified atom stereocenters. The Labute approximate surface area is 112 Å². The quantitative estimate of drug-likeness (QED) is 0.565. The molecular weight excluding hydrogens is 394 g/mol. The summed E-state index contributed by atoms with van der Waals surface area (Å²) in [7, 11) is 0. The predicted molar refractivity (Wildman–Crippen MR) is 63.9 cm³/mol. The SMILES string of the molecule is [Ir].[c-]1c(-c2ccccn2)sc2ccccc12. The van der Waals surface area contributed by atoms with Crippen LogP contribution in [0.15, 0.2) is 48.7 Å². The smallest absolute Gasteiger partial charge is 0.0161 e. The molecule has 0 N–H and O–H groups in total. The van der Waals surface area contributed by atoms with E-state index in [4.69, 9.17) is 0 Å². The summed E-state index contributed by atoms with van der Waals surface area (Å²) < 4.78 is 1.26. The van der Waals surface area contributed by atoms with E-state index in [2.05, 4.69) is 29.2 Å². The first kappa shape index (κ1) is 11.5. The van der Waals surface area contributed by atoms with E-state index < -0.39 is 0 Å². The zero-order valence-electron chi connectivity index (χ0n) is 8.31. The Kier molecular flexibility index (Phi) is 3.49. The van der Waals surface area contributed by atoms with E-state index in [0.717, 1.165) is 10.6 Å². The first-order valence-electron chi connectivity index (χ1n) is 4.76. The van der Waals surface area contributed by atoms with Crippen LogP contribution in [0.2, 0.25) is 0 Å². The summed E-state index contributed by atoms with van der Waals surface area (Å²) in [6.45, 7) is 0. The van der Waals surface area contributed by atoms with Gasteiger partial charge < -0.3 is 4.98 Å². The van der Waals surface area contributed by atoms with Crippen LogP contribution in [0.3, 0.4) is 0 Å². The first-order valence-corrected chi connectivity index (χ1v) is 5.57. The van der Waals surface area contributed by atoms with Crippen LogP contribution in [0, 0.1) is 6.07 Å². The Morgan fingerprint density at radius 1 is 1.00 bits per heavy atom. The number of fused-ring (bicyclic) bond motifs is 1. The van der Waals surface area contributed by atoms with Crippen molar-refractivity contribution >= 4 is 21.4 Å². The Morgan fingerprint density at radius 2 is 1.81 bits per heavy atom. The van der Waals surface area contributed by atoms with Gasteiger partial charge in [-0.15, -0.1) is 23.6 Å². The summed E-state index contributed by atoms with van der Waals surface area (Å²) >= 11 is 1.73. The van der Waals surface area contributed by atoms with E-state index in [9.17, 15) is 0 Å². The molecule has 0 fully saturated rings. The fourth-order valence-electron chi connectivity index (χ4n) is 1.53. The van der Waals surface area contributed by atoms with Crippen molar-refractivity contribution in [2.24, 2.45) is 0 Å². The van der Waals surface area contributed by atoms with Crippen molar-refractivity contribution < 1.29 is 20.1 Å². The number of hydrogen-bond donors (Lipinski definition) is 0. The Morgan fingerprint density at radius 3 is 2.56 bits per heavy atom. The van der Waals surface area contributed by atoms with Gasteiger partial charge in [0.2, 0.25) is 0 Å². The van der Waals surface area contributed by atoms with Crippen molar-refractivity contribution in [1.82, 2.24) is 4.98 Å². The molecule has 0 atom stereocenters. The average Bonchev–Trinajstić information content (AvgIpc) is 2.74. The summed E-state index contributed by atoms with van der Waals surface area (Å²) in [5, 5.41) is 1.17. The van der Waals surface area contributed by atoms with Crippen molar-refractivity contribution in [2.75, 3.05) is 0 Å². The minimum Gasteiger partial charge on any atom is -0.303 e. The van der Waals surface area contributed by atoms with E-state index in [-0.39, 0.29) is 20.1 Å². The summed E-state index contributed by atoms with van der Waals surface area (Å²) in [4.78, 5) is 5.43. The number of rotatable bonds is 1. The van der Waals surface area contributed by atoms with Crippen molar-refractivity contribution in [3.8, 4) is 10.6 Å². The van der Waals surface area contributed by atoms with Gasteiger partial charge in [-0.05, 0) is 15.6 Å². The van der Waals surface area contributed by atoms with Crippen LogP contribution < -0.4 is 0 Å². The van der Waals surface area contributed by atoms with Crippen molar-refractivity contribution in [3.63, 3.8) is 0 Å². The molecule has 2 heterocycles. The maximum atomic E-state index is 4.32. The van der Waals surface area contributed by atoms with Crippen LogP contribution in [0.4, 0.5) is 0 Å². The van der Waals surface area contributed by atoms with Gasteiger partial charge >= 0.3 is 0 Å². The van der Waals surface area contributed by atoms with Crippen LogP contribution in [0.25, 0.3) is 20.7 Å². The van der Waals surface area contributed by atoms with Gasteiger partial charge in [0, 0.05) is 32.0 Å². The minimum atomic E-state index is 0. The molecule has 1 aromatic carbocycles. The largest absolute Gasteiger partial charge is 0.303 e. The van der Waals surface area contributed by atoms with Gasteiger partial charge in [0.1, 0.15) is 0 Å². The molecule has 1 nitrogen and oxygen atoms in total. The number of hydrogen-bond acceptors (Lipinski definition) is 2. The number of thiophene rings is 1.